The minimum atomic E-state index is -1.39. The summed E-state index contributed by atoms with van der Waals surface area (Å²) in [4.78, 5) is 32.0. The maximum absolute atomic E-state index is 12.0. The van der Waals surface area contributed by atoms with E-state index in [0.29, 0.717) is 24.8 Å². The predicted molar refractivity (Wildman–Crippen MR) is 82.2 cm³/mol. The molecule has 1 aromatic heterocycles. The Morgan fingerprint density at radius 3 is 2.81 bits per heavy atom. The van der Waals surface area contributed by atoms with E-state index in [2.05, 4.69) is 29.6 Å². The van der Waals surface area contributed by atoms with Gasteiger partial charge in [0.1, 0.15) is 11.6 Å². The molecule has 1 aromatic rings. The molecule has 0 aromatic carbocycles. The minimum absolute atomic E-state index is 0.205. The summed E-state index contributed by atoms with van der Waals surface area (Å²) in [6.45, 7) is 7.07. The fraction of sp³-hybridized carbons (Fsp3) is 0.643. The van der Waals surface area contributed by atoms with E-state index in [1.54, 1.807) is 6.20 Å². The Balaban J connectivity index is 2.01. The number of likely N-dealkylation sites (tertiary alicyclic amines) is 1. The molecule has 6 nitrogen and oxygen atoms in total. The van der Waals surface area contributed by atoms with E-state index in [9.17, 15) is 9.59 Å². The first kappa shape index (κ1) is 15.8. The van der Waals surface area contributed by atoms with Crippen molar-refractivity contribution in [2.24, 2.45) is 0 Å². The molecule has 1 atom stereocenters. The monoisotopic (exact) mass is 309 g/mol. The zero-order chi connectivity index (χ0) is 15.6. The maximum atomic E-state index is 12.0. The number of hydrogen-bond acceptors (Lipinski definition) is 3. The van der Waals surface area contributed by atoms with Gasteiger partial charge in [0.25, 0.3) is 0 Å². The number of hydrogen-bond donors (Lipinski definition) is 2. The molecule has 0 aliphatic carbocycles. The van der Waals surface area contributed by atoms with Crippen molar-refractivity contribution in [1.29, 1.82) is 0 Å². The molecule has 0 bridgehead atoms. The van der Waals surface area contributed by atoms with E-state index >= 15 is 0 Å². The molecule has 21 heavy (non-hydrogen) atoms. The number of nitrogens with zero attached hydrogens (tertiary/aromatic N) is 2. The van der Waals surface area contributed by atoms with Gasteiger partial charge in [-0.1, -0.05) is 19.6 Å². The lowest BCUT2D eigenvalue weighted by atomic mass is 10.2. The molecule has 0 radical (unpaired) electrons. The topological polar surface area (TPSA) is 86.3 Å². The molecule has 1 aliphatic heterocycles. The Morgan fingerprint density at radius 2 is 2.19 bits per heavy atom. The summed E-state index contributed by atoms with van der Waals surface area (Å²) < 4.78 is 0. The van der Waals surface area contributed by atoms with Gasteiger partial charge in [-0.05, 0) is 12.8 Å². The number of aromatic amines is 1. The van der Waals surface area contributed by atoms with Gasteiger partial charge in [-0.15, -0.1) is 0 Å². The molecular weight excluding hydrogens is 286 g/mol. The second-order valence-corrected chi connectivity index (χ2v) is 12.4. The third kappa shape index (κ3) is 4.17. The quantitative estimate of drug-likeness (QED) is 0.819. The lowest BCUT2D eigenvalue weighted by Gasteiger charge is -2.19. The number of amides is 1. The number of carbonyl (C=O) groups is 2. The fourth-order valence-corrected chi connectivity index (χ4v) is 4.09. The van der Waals surface area contributed by atoms with Crippen LogP contribution in [0.3, 0.4) is 0 Å². The number of carbonyl (C=O) groups excluding carboxylic acids is 1. The average Bonchev–Trinajstić information content (AvgIpc) is 2.92. The molecule has 1 aliphatic rings. The van der Waals surface area contributed by atoms with Crippen molar-refractivity contribution in [2.75, 3.05) is 6.54 Å². The van der Waals surface area contributed by atoms with Crippen LogP contribution in [0.15, 0.2) is 6.20 Å². The number of imidazole rings is 1. The Labute approximate surface area is 125 Å². The van der Waals surface area contributed by atoms with Gasteiger partial charge < -0.3 is 10.1 Å². The van der Waals surface area contributed by atoms with Crippen molar-refractivity contribution in [3.05, 3.63) is 17.7 Å². The van der Waals surface area contributed by atoms with Crippen LogP contribution in [0.25, 0.3) is 0 Å². The number of Topliss-reactive ketones (excluding diaryl/α,β-unsaturated/α-hetero) is 1. The molecule has 116 valence electrons. The molecule has 0 spiro atoms. The Bertz CT molecular complexity index is 536. The van der Waals surface area contributed by atoms with Crippen molar-refractivity contribution in [2.45, 2.75) is 51.0 Å². The fourth-order valence-electron chi connectivity index (χ4n) is 2.78. The van der Waals surface area contributed by atoms with Crippen LogP contribution in [0, 0.1) is 0 Å². The number of H-pyrrole nitrogens is 1. The van der Waals surface area contributed by atoms with E-state index in [1.807, 2.05) is 0 Å². The van der Waals surface area contributed by atoms with Gasteiger partial charge >= 0.3 is 6.09 Å². The average molecular weight is 309 g/mol. The molecule has 1 amide bonds. The third-order valence-electron chi connectivity index (χ3n) is 3.58. The van der Waals surface area contributed by atoms with Crippen molar-refractivity contribution in [1.82, 2.24) is 14.9 Å². The van der Waals surface area contributed by atoms with E-state index < -0.39 is 14.2 Å². The highest BCUT2D eigenvalue weighted by Gasteiger charge is 2.31. The van der Waals surface area contributed by atoms with Crippen molar-refractivity contribution in [3.63, 3.8) is 0 Å². The molecule has 1 saturated heterocycles. The van der Waals surface area contributed by atoms with Crippen LogP contribution >= 0.6 is 0 Å². The molecule has 2 rings (SSSR count). The number of carboxylic acid groups (broad SMARTS) is 1. The summed E-state index contributed by atoms with van der Waals surface area (Å²) in [5, 5.41) is 9.16. The zero-order valence-corrected chi connectivity index (χ0v) is 13.8. The van der Waals surface area contributed by atoms with E-state index in [-0.39, 0.29) is 11.8 Å². The number of ketones is 1. The summed E-state index contributed by atoms with van der Waals surface area (Å²) in [5.41, 5.74) is 0.783. The normalized spacial score (nSPS) is 19.0. The number of aromatic nitrogens is 2. The van der Waals surface area contributed by atoms with Crippen LogP contribution in [0.2, 0.25) is 25.7 Å². The van der Waals surface area contributed by atoms with E-state index in [1.165, 1.54) is 4.90 Å². The summed E-state index contributed by atoms with van der Waals surface area (Å²) in [6.07, 6.45) is 2.74. The summed E-state index contributed by atoms with van der Waals surface area (Å²) in [7, 11) is -1.39. The molecule has 7 heteroatoms. The van der Waals surface area contributed by atoms with E-state index in [4.69, 9.17) is 5.11 Å². The van der Waals surface area contributed by atoms with Crippen LogP contribution in [0.5, 0.6) is 0 Å². The predicted octanol–water partition coefficient (Wildman–Crippen LogP) is 2.67. The van der Waals surface area contributed by atoms with Gasteiger partial charge in [-0.3, -0.25) is 9.69 Å². The molecule has 2 N–H and O–H groups in total. The molecule has 0 saturated carbocycles. The van der Waals surface area contributed by atoms with Crippen molar-refractivity contribution < 1.29 is 14.7 Å². The Hall–Kier alpha value is -1.63. The van der Waals surface area contributed by atoms with Crippen LogP contribution < -0.4 is 0 Å². The maximum Gasteiger partial charge on any atom is 0.407 e. The molecule has 2 heterocycles. The van der Waals surface area contributed by atoms with Crippen LogP contribution in [-0.2, 0) is 11.2 Å². The first-order chi connectivity index (χ1) is 9.76. The van der Waals surface area contributed by atoms with Gasteiger partial charge in [0.15, 0.2) is 0 Å². The number of nitrogens with one attached hydrogen (secondary N) is 1. The first-order valence-corrected chi connectivity index (χ1v) is 11.0. The summed E-state index contributed by atoms with van der Waals surface area (Å²) in [5.74, 6) is 0.886. The van der Waals surface area contributed by atoms with Gasteiger partial charge in [0, 0.05) is 30.9 Å². The van der Waals surface area contributed by atoms with Gasteiger partial charge in [-0.2, -0.15) is 0 Å². The largest absolute Gasteiger partial charge is 0.465 e. The smallest absolute Gasteiger partial charge is 0.407 e. The van der Waals surface area contributed by atoms with Crippen molar-refractivity contribution >= 4 is 20.0 Å². The van der Waals surface area contributed by atoms with E-state index in [0.717, 1.165) is 18.5 Å². The molecule has 0 unspecified atom stereocenters. The highest BCUT2D eigenvalue weighted by Crippen LogP contribution is 2.30. The van der Waals surface area contributed by atoms with Gasteiger partial charge in [0.2, 0.25) is 0 Å². The van der Waals surface area contributed by atoms with Crippen LogP contribution in [0.1, 0.15) is 30.4 Å². The zero-order valence-electron chi connectivity index (χ0n) is 12.8. The second-order valence-electron chi connectivity index (χ2n) is 6.88. The highest BCUT2D eigenvalue weighted by atomic mass is 28.3. The van der Waals surface area contributed by atoms with Crippen LogP contribution in [-0.4, -0.2) is 46.5 Å². The lowest BCUT2D eigenvalue weighted by Crippen LogP contribution is -2.29. The van der Waals surface area contributed by atoms with Crippen LogP contribution in [0.4, 0.5) is 4.79 Å². The van der Waals surface area contributed by atoms with Gasteiger partial charge in [0.05, 0.1) is 14.1 Å². The molecule has 1 fully saturated rings. The summed E-state index contributed by atoms with van der Waals surface area (Å²) >= 11 is 0. The second kappa shape index (κ2) is 6.01. The lowest BCUT2D eigenvalue weighted by molar-refractivity contribution is -0.116. The minimum Gasteiger partial charge on any atom is -0.465 e. The molecular formula is C14H23N3O3Si. The SMILES string of the molecule is C[Si](C)(C)CC(=O)Cc1cnc([C@@H]2CCCN2C(=O)O)[nH]1. The number of rotatable bonds is 5. The Morgan fingerprint density at radius 1 is 1.48 bits per heavy atom. The van der Waals surface area contributed by atoms with Gasteiger partial charge in [-0.25, -0.2) is 9.78 Å². The van der Waals surface area contributed by atoms with Crippen molar-refractivity contribution in [3.8, 4) is 0 Å². The highest BCUT2D eigenvalue weighted by molar-refractivity contribution is 6.78. The third-order valence-corrected chi connectivity index (χ3v) is 5.03. The Kier molecular flexibility index (Phi) is 4.51. The first-order valence-electron chi connectivity index (χ1n) is 7.31. The summed E-state index contributed by atoms with van der Waals surface area (Å²) in [6, 6.07) is 0.454. The standard InChI is InChI=1S/C14H23N3O3Si/c1-21(2,3)9-11(18)7-10-8-15-13(16-10)12-5-4-6-17(12)14(19)20/h8,12H,4-7,9H2,1-3H3,(H,15,16)(H,19,20)/t12-/m0/s1.